The Morgan fingerprint density at radius 1 is 0.306 bits per heavy atom. The van der Waals surface area contributed by atoms with Crippen LogP contribution in [0.3, 0.4) is 0 Å². The third-order valence-corrected chi connectivity index (χ3v) is 16.6. The van der Waals surface area contributed by atoms with E-state index in [9.17, 15) is 24.6 Å². The minimum atomic E-state index is -0.626. The third-order valence-electron chi connectivity index (χ3n) is 16.6. The first-order chi connectivity index (χ1) is 41.7. The van der Waals surface area contributed by atoms with Gasteiger partial charge in [0.25, 0.3) is 0 Å². The van der Waals surface area contributed by atoms with Crippen LogP contribution < -0.4 is 0 Å². The highest BCUT2D eigenvalue weighted by Gasteiger charge is 2.17. The molecule has 0 saturated carbocycles. The number of aliphatic hydroxyl groups is 2. The Morgan fingerprint density at radius 3 is 0.941 bits per heavy atom. The van der Waals surface area contributed by atoms with Crippen molar-refractivity contribution in [3.63, 3.8) is 0 Å². The van der Waals surface area contributed by atoms with Gasteiger partial charge in [-0.15, -0.1) is 0 Å². The molecular weight excluding hydrogens is 1060 g/mol. The van der Waals surface area contributed by atoms with Gasteiger partial charge in [-0.05, 0) is 90.4 Å². The second-order valence-electron chi connectivity index (χ2n) is 25.2. The maximum absolute atomic E-state index is 12.5. The topological polar surface area (TPSA) is 129 Å². The summed E-state index contributed by atoms with van der Waals surface area (Å²) in [6.45, 7) is 18.4. The summed E-state index contributed by atoms with van der Waals surface area (Å²) < 4.78 is 16.2. The smallest absolute Gasteiger partial charge is 0.330 e. The van der Waals surface area contributed by atoms with E-state index in [0.717, 1.165) is 103 Å². The molecule has 0 amide bonds. The van der Waals surface area contributed by atoms with E-state index >= 15 is 0 Å². The number of unbranched alkanes of at least 4 members (excludes halogenated alkanes) is 38. The highest BCUT2D eigenvalue weighted by atomic mass is 16.5. The number of carbonyl (C=O) groups excluding carboxylic acids is 3. The van der Waals surface area contributed by atoms with E-state index in [1.807, 2.05) is 13.0 Å². The molecule has 0 rings (SSSR count). The summed E-state index contributed by atoms with van der Waals surface area (Å²) >= 11 is 0. The number of ether oxygens (including phenoxy) is 3. The van der Waals surface area contributed by atoms with E-state index in [0.29, 0.717) is 59.0 Å². The highest BCUT2D eigenvalue weighted by Crippen LogP contribution is 2.17. The summed E-state index contributed by atoms with van der Waals surface area (Å²) in [5.41, 5.74) is 0. The first-order valence-corrected chi connectivity index (χ1v) is 36.7. The lowest BCUT2D eigenvalue weighted by Crippen LogP contribution is -2.41. The van der Waals surface area contributed by atoms with Crippen LogP contribution in [0.15, 0.2) is 36.5 Å². The summed E-state index contributed by atoms with van der Waals surface area (Å²) in [5.74, 6) is -0.986. The molecule has 2 unspecified atom stereocenters. The Morgan fingerprint density at radius 2 is 0.576 bits per heavy atom. The Bertz CT molecular complexity index is 1510. The average molecular weight is 1200 g/mol. The number of nitrogens with zero attached hydrogens (tertiary/aromatic N) is 3. The van der Waals surface area contributed by atoms with Gasteiger partial charge in [0.2, 0.25) is 0 Å². The van der Waals surface area contributed by atoms with Crippen LogP contribution in [-0.2, 0) is 28.6 Å². The summed E-state index contributed by atoms with van der Waals surface area (Å²) in [5, 5.41) is 23.1. The first kappa shape index (κ1) is 82.4. The van der Waals surface area contributed by atoms with Crippen molar-refractivity contribution >= 4 is 17.9 Å². The quantitative estimate of drug-likeness (QED) is 0.0261. The first-order valence-electron chi connectivity index (χ1n) is 36.7. The molecular formula is C74H141N3O8. The predicted octanol–water partition coefficient (Wildman–Crippen LogP) is 19.0. The second kappa shape index (κ2) is 67.4. The van der Waals surface area contributed by atoms with Crippen LogP contribution in [0.25, 0.3) is 0 Å². The Hall–Kier alpha value is -2.57. The molecule has 0 saturated heterocycles. The van der Waals surface area contributed by atoms with Crippen molar-refractivity contribution in [2.45, 2.75) is 342 Å². The fraction of sp³-hybridized carbons (Fsp3) is 0.878. The molecule has 0 fully saturated rings. The van der Waals surface area contributed by atoms with Crippen LogP contribution in [-0.4, -0.2) is 134 Å². The van der Waals surface area contributed by atoms with Crippen molar-refractivity contribution < 1.29 is 38.8 Å². The molecule has 11 nitrogen and oxygen atoms in total. The highest BCUT2D eigenvalue weighted by molar-refractivity contribution is 5.82. The molecule has 11 heteroatoms. The van der Waals surface area contributed by atoms with Crippen molar-refractivity contribution in [3.05, 3.63) is 36.5 Å². The van der Waals surface area contributed by atoms with E-state index in [1.165, 1.54) is 224 Å². The van der Waals surface area contributed by atoms with Gasteiger partial charge in [0.1, 0.15) is 0 Å². The third kappa shape index (κ3) is 62.8. The molecule has 0 aliphatic rings. The summed E-state index contributed by atoms with van der Waals surface area (Å²) in [6, 6.07) is 0. The van der Waals surface area contributed by atoms with E-state index in [4.69, 9.17) is 14.2 Å². The van der Waals surface area contributed by atoms with Crippen molar-refractivity contribution in [2.24, 2.45) is 0 Å². The maximum Gasteiger partial charge on any atom is 0.330 e. The van der Waals surface area contributed by atoms with Gasteiger partial charge >= 0.3 is 17.9 Å². The van der Waals surface area contributed by atoms with E-state index in [1.54, 1.807) is 18.2 Å². The largest absolute Gasteiger partial charge is 0.463 e. The monoisotopic (exact) mass is 1200 g/mol. The van der Waals surface area contributed by atoms with Gasteiger partial charge in [-0.3, -0.25) is 4.90 Å². The van der Waals surface area contributed by atoms with E-state index < -0.39 is 12.2 Å². The zero-order valence-corrected chi connectivity index (χ0v) is 56.8. The minimum Gasteiger partial charge on any atom is -0.463 e. The fourth-order valence-electron chi connectivity index (χ4n) is 11.3. The van der Waals surface area contributed by atoms with Crippen LogP contribution in [0.2, 0.25) is 0 Å². The van der Waals surface area contributed by atoms with Gasteiger partial charge in [0, 0.05) is 51.0 Å². The van der Waals surface area contributed by atoms with E-state index in [2.05, 4.69) is 42.4 Å². The molecule has 500 valence electrons. The lowest BCUT2D eigenvalue weighted by atomic mass is 10.0. The van der Waals surface area contributed by atoms with Gasteiger partial charge < -0.3 is 34.2 Å². The Labute approximate surface area is 526 Å². The van der Waals surface area contributed by atoms with Gasteiger partial charge in [-0.25, -0.2) is 14.4 Å². The Balaban J connectivity index is 5.54. The number of hydrogen-bond donors (Lipinski definition) is 2. The number of esters is 3. The molecule has 0 aromatic carbocycles. The van der Waals surface area contributed by atoms with Crippen LogP contribution in [0.4, 0.5) is 0 Å². The Kier molecular flexibility index (Phi) is 65.3. The van der Waals surface area contributed by atoms with Gasteiger partial charge in [0.15, 0.2) is 0 Å². The van der Waals surface area contributed by atoms with Gasteiger partial charge in [0.05, 0.1) is 32.0 Å². The SMILES string of the molecule is CCCCCCCCCCCCCCCOC(=O)/C=C/CCCC(O)CN(CCCCCCCCCCCCCC)CCCCN(CCCCCCCCCCCCCC)CC(O)CN(C/C=C/C(=O)OCCC)C/C=C/C(=O)OCCCCC. The number of hydrogen-bond acceptors (Lipinski definition) is 11. The molecule has 0 heterocycles. The second-order valence-corrected chi connectivity index (χ2v) is 25.2. The molecule has 2 atom stereocenters. The fourth-order valence-corrected chi connectivity index (χ4v) is 11.3. The van der Waals surface area contributed by atoms with Crippen LogP contribution in [0, 0.1) is 0 Å². The number of carbonyl (C=O) groups is 3. The van der Waals surface area contributed by atoms with Crippen LogP contribution >= 0.6 is 0 Å². The lowest BCUT2D eigenvalue weighted by Gasteiger charge is -2.29. The summed E-state index contributed by atoms with van der Waals surface area (Å²) in [4.78, 5) is 44.2. The molecule has 0 bridgehead atoms. The average Bonchev–Trinajstić information content (AvgIpc) is 3.50. The number of rotatable bonds is 68. The van der Waals surface area contributed by atoms with Crippen LogP contribution in [0.1, 0.15) is 330 Å². The van der Waals surface area contributed by atoms with Gasteiger partial charge in [-0.1, -0.05) is 284 Å². The zero-order chi connectivity index (χ0) is 62.0. The number of allylic oxidation sites excluding steroid dienone is 1. The molecule has 0 radical (unpaired) electrons. The van der Waals surface area contributed by atoms with Gasteiger partial charge in [-0.2, -0.15) is 0 Å². The standard InChI is InChI=1S/C74H141N3O8/c1-6-11-15-18-21-24-27-30-33-36-39-42-51-66-85-72(80)55-45-43-44-54-70(78)67-75(58-46-40-37-34-31-28-25-22-19-16-12-7-2)60-48-49-61-76(59-47-41-38-35-32-29-26-23-20-17-13-8-3)68-71(79)69-77(62-52-56-73(81)83-64-10-5)63-53-57-74(82)84-65-50-14-9-4/h45,52-53,55-57,70-71,78-79H,6-44,46-51,54,58-69H2,1-5H3/b55-45+,56-52+,57-53+. The van der Waals surface area contributed by atoms with Crippen molar-refractivity contribution in [1.29, 1.82) is 0 Å². The molecule has 0 aromatic heterocycles. The van der Waals surface area contributed by atoms with Crippen molar-refractivity contribution in [2.75, 3.05) is 78.7 Å². The zero-order valence-electron chi connectivity index (χ0n) is 56.8. The van der Waals surface area contributed by atoms with Crippen LogP contribution in [0.5, 0.6) is 0 Å². The van der Waals surface area contributed by atoms with Crippen molar-refractivity contribution in [1.82, 2.24) is 14.7 Å². The summed E-state index contributed by atoms with van der Waals surface area (Å²) in [6.07, 6.45) is 65.3. The molecule has 0 aliphatic carbocycles. The minimum absolute atomic E-state index is 0.256. The molecule has 85 heavy (non-hydrogen) atoms. The predicted molar refractivity (Wildman–Crippen MR) is 362 cm³/mol. The van der Waals surface area contributed by atoms with Crippen molar-refractivity contribution in [3.8, 4) is 0 Å². The van der Waals surface area contributed by atoms with E-state index in [-0.39, 0.29) is 17.9 Å². The molecule has 0 spiro atoms. The molecule has 0 aromatic rings. The molecule has 2 N–H and O–H groups in total. The normalized spacial score (nSPS) is 12.8. The maximum atomic E-state index is 12.5. The lowest BCUT2D eigenvalue weighted by molar-refractivity contribution is -0.138. The molecule has 0 aliphatic heterocycles. The number of aliphatic hydroxyl groups excluding tert-OH is 2. The summed E-state index contributed by atoms with van der Waals surface area (Å²) in [7, 11) is 0.